The summed E-state index contributed by atoms with van der Waals surface area (Å²) in [7, 11) is 0.971. The van der Waals surface area contributed by atoms with Gasteiger partial charge in [0.2, 0.25) is 0 Å². The van der Waals surface area contributed by atoms with Gasteiger partial charge in [0.05, 0.1) is 6.61 Å². The molecule has 1 saturated carbocycles. The van der Waals surface area contributed by atoms with Crippen LogP contribution >= 0.6 is 0 Å². The van der Waals surface area contributed by atoms with Crippen LogP contribution in [0.15, 0.2) is 0 Å². The molecular weight excluding hydrogens is 210 g/mol. The highest BCUT2D eigenvalue weighted by molar-refractivity contribution is 7.85. The van der Waals surface area contributed by atoms with E-state index in [-0.39, 0.29) is 0 Å². The molecular formula is C11H23NO2S. The Morgan fingerprint density at radius 1 is 1.47 bits per heavy atom. The van der Waals surface area contributed by atoms with E-state index in [1.165, 1.54) is 12.8 Å². The third-order valence-electron chi connectivity index (χ3n) is 2.98. The average Bonchev–Trinajstić information content (AvgIpc) is 2.27. The molecule has 3 unspecified atom stereocenters. The first kappa shape index (κ1) is 13.1. The van der Waals surface area contributed by atoms with E-state index in [2.05, 4.69) is 12.2 Å². The van der Waals surface area contributed by atoms with Gasteiger partial charge in [-0.05, 0) is 25.8 Å². The molecule has 0 aromatic carbocycles. The van der Waals surface area contributed by atoms with Gasteiger partial charge in [0.1, 0.15) is 0 Å². The lowest BCUT2D eigenvalue weighted by molar-refractivity contribution is 0.217. The maximum absolute atomic E-state index is 11.9. The van der Waals surface area contributed by atoms with E-state index in [0.29, 0.717) is 23.7 Å². The van der Waals surface area contributed by atoms with Crippen LogP contribution in [0.3, 0.4) is 0 Å². The van der Waals surface area contributed by atoms with Gasteiger partial charge in [0.15, 0.2) is 0 Å². The summed E-state index contributed by atoms with van der Waals surface area (Å²) in [5, 5.41) is 3.85. The van der Waals surface area contributed by atoms with Crippen LogP contribution in [0, 0.1) is 0 Å². The van der Waals surface area contributed by atoms with E-state index in [4.69, 9.17) is 4.74 Å². The van der Waals surface area contributed by atoms with Crippen molar-refractivity contribution in [3.63, 3.8) is 0 Å². The smallest absolute Gasteiger partial charge is 0.0577 e. The topological polar surface area (TPSA) is 38.3 Å². The van der Waals surface area contributed by atoms with Gasteiger partial charge in [-0.15, -0.1) is 0 Å². The zero-order chi connectivity index (χ0) is 11.1. The Kier molecular flexibility index (Phi) is 6.45. The zero-order valence-corrected chi connectivity index (χ0v) is 10.6. The highest BCUT2D eigenvalue weighted by Crippen LogP contribution is 2.22. The van der Waals surface area contributed by atoms with Gasteiger partial charge in [0.25, 0.3) is 0 Å². The maximum Gasteiger partial charge on any atom is 0.0577 e. The van der Waals surface area contributed by atoms with Crippen LogP contribution in [0.2, 0.25) is 0 Å². The van der Waals surface area contributed by atoms with Crippen LogP contribution in [-0.4, -0.2) is 41.5 Å². The minimum Gasteiger partial charge on any atom is -0.384 e. The van der Waals surface area contributed by atoms with Crippen molar-refractivity contribution in [3.05, 3.63) is 0 Å². The minimum atomic E-state index is -0.696. The van der Waals surface area contributed by atoms with E-state index in [1.54, 1.807) is 7.11 Å². The summed E-state index contributed by atoms with van der Waals surface area (Å²) in [6.07, 6.45) is 4.65. The summed E-state index contributed by atoms with van der Waals surface area (Å²) < 4.78 is 16.9. The van der Waals surface area contributed by atoms with Gasteiger partial charge < -0.3 is 10.1 Å². The summed E-state index contributed by atoms with van der Waals surface area (Å²) in [6.45, 7) is 3.77. The van der Waals surface area contributed by atoms with E-state index in [9.17, 15) is 4.21 Å². The molecule has 0 spiro atoms. The lowest BCUT2D eigenvalue weighted by atomic mass is 9.95. The molecule has 1 fully saturated rings. The van der Waals surface area contributed by atoms with Gasteiger partial charge in [-0.1, -0.05) is 13.3 Å². The molecule has 0 bridgehead atoms. The molecule has 1 aliphatic carbocycles. The van der Waals surface area contributed by atoms with Crippen LogP contribution in [0.1, 0.15) is 32.6 Å². The Morgan fingerprint density at radius 3 is 2.93 bits per heavy atom. The SMILES string of the molecule is CCNC1CCCC(S(=O)CCOC)C1. The van der Waals surface area contributed by atoms with Gasteiger partial charge in [-0.25, -0.2) is 0 Å². The number of hydrogen-bond acceptors (Lipinski definition) is 3. The largest absolute Gasteiger partial charge is 0.384 e. The van der Waals surface area contributed by atoms with E-state index in [0.717, 1.165) is 19.4 Å². The van der Waals surface area contributed by atoms with Gasteiger partial charge in [-0.2, -0.15) is 0 Å². The first-order valence-electron chi connectivity index (χ1n) is 5.87. The molecule has 0 aromatic heterocycles. The predicted octanol–water partition coefficient (Wildman–Crippen LogP) is 1.30. The van der Waals surface area contributed by atoms with Gasteiger partial charge >= 0.3 is 0 Å². The Hall–Kier alpha value is 0.0700. The minimum absolute atomic E-state index is 0.387. The van der Waals surface area contributed by atoms with Crippen LogP contribution in [0.5, 0.6) is 0 Å². The average molecular weight is 233 g/mol. The first-order valence-corrected chi connectivity index (χ1v) is 7.25. The molecule has 90 valence electrons. The Bertz CT molecular complexity index is 197. The Labute approximate surface area is 95.4 Å². The van der Waals surface area contributed by atoms with Crippen molar-refractivity contribution < 1.29 is 8.95 Å². The highest BCUT2D eigenvalue weighted by atomic mass is 32.2. The maximum atomic E-state index is 11.9. The molecule has 3 atom stereocenters. The molecule has 0 radical (unpaired) electrons. The molecule has 1 N–H and O–H groups in total. The van der Waals surface area contributed by atoms with E-state index < -0.39 is 10.8 Å². The summed E-state index contributed by atoms with van der Waals surface area (Å²) >= 11 is 0. The van der Waals surface area contributed by atoms with Crippen molar-refractivity contribution >= 4 is 10.8 Å². The number of ether oxygens (including phenoxy) is 1. The van der Waals surface area contributed by atoms with Crippen LogP contribution in [-0.2, 0) is 15.5 Å². The molecule has 15 heavy (non-hydrogen) atoms. The van der Waals surface area contributed by atoms with Crippen molar-refractivity contribution in [1.82, 2.24) is 5.32 Å². The molecule has 0 aromatic rings. The Balaban J connectivity index is 2.31. The lowest BCUT2D eigenvalue weighted by Crippen LogP contribution is -2.38. The fraction of sp³-hybridized carbons (Fsp3) is 1.00. The number of methoxy groups -OCH3 is 1. The quantitative estimate of drug-likeness (QED) is 0.751. The van der Waals surface area contributed by atoms with Gasteiger partial charge in [-0.3, -0.25) is 4.21 Å². The highest BCUT2D eigenvalue weighted by Gasteiger charge is 2.25. The molecule has 0 aliphatic heterocycles. The van der Waals surface area contributed by atoms with Crippen molar-refractivity contribution in [3.8, 4) is 0 Å². The van der Waals surface area contributed by atoms with Crippen LogP contribution < -0.4 is 5.32 Å². The normalized spacial score (nSPS) is 28.9. The Morgan fingerprint density at radius 2 is 2.27 bits per heavy atom. The molecule has 3 nitrogen and oxygen atoms in total. The van der Waals surface area contributed by atoms with Crippen LogP contribution in [0.4, 0.5) is 0 Å². The second-order valence-electron chi connectivity index (χ2n) is 4.12. The molecule has 1 aliphatic rings. The summed E-state index contributed by atoms with van der Waals surface area (Å²) in [4.78, 5) is 0. The number of nitrogens with one attached hydrogen (secondary N) is 1. The standard InChI is InChI=1S/C11H23NO2S/c1-3-12-10-5-4-6-11(9-10)15(13)8-7-14-2/h10-12H,3-9H2,1-2H3. The molecule has 4 heteroatoms. The van der Waals surface area contributed by atoms with E-state index in [1.807, 2.05) is 0 Å². The van der Waals surface area contributed by atoms with Crippen molar-refractivity contribution in [2.24, 2.45) is 0 Å². The predicted molar refractivity (Wildman–Crippen MR) is 64.6 cm³/mol. The van der Waals surface area contributed by atoms with Gasteiger partial charge in [0, 0.05) is 35.0 Å². The van der Waals surface area contributed by atoms with Crippen molar-refractivity contribution in [2.45, 2.75) is 43.9 Å². The fourth-order valence-corrected chi connectivity index (χ4v) is 3.73. The summed E-state index contributed by atoms with van der Waals surface area (Å²) in [5.41, 5.74) is 0. The summed E-state index contributed by atoms with van der Waals surface area (Å²) in [5.74, 6) is 0.694. The molecule has 0 amide bonds. The number of hydrogen-bond donors (Lipinski definition) is 1. The third kappa shape index (κ3) is 4.62. The number of rotatable bonds is 6. The monoisotopic (exact) mass is 233 g/mol. The van der Waals surface area contributed by atoms with E-state index >= 15 is 0 Å². The van der Waals surface area contributed by atoms with Crippen molar-refractivity contribution in [2.75, 3.05) is 26.0 Å². The lowest BCUT2D eigenvalue weighted by Gasteiger charge is -2.29. The third-order valence-corrected chi connectivity index (χ3v) is 4.72. The molecule has 0 saturated heterocycles. The van der Waals surface area contributed by atoms with Crippen LogP contribution in [0.25, 0.3) is 0 Å². The zero-order valence-electron chi connectivity index (χ0n) is 9.83. The first-order chi connectivity index (χ1) is 7.27. The van der Waals surface area contributed by atoms with Crippen molar-refractivity contribution in [1.29, 1.82) is 0 Å². The fourth-order valence-electron chi connectivity index (χ4n) is 2.19. The summed E-state index contributed by atoms with van der Waals surface area (Å²) in [6, 6.07) is 0.584. The molecule has 0 heterocycles. The second kappa shape index (κ2) is 7.36. The second-order valence-corrected chi connectivity index (χ2v) is 5.96. The molecule has 1 rings (SSSR count).